The van der Waals surface area contributed by atoms with Crippen molar-refractivity contribution in [2.45, 2.75) is 71.1 Å². The highest BCUT2D eigenvalue weighted by molar-refractivity contribution is 5.93. The summed E-state index contributed by atoms with van der Waals surface area (Å²) in [4.78, 5) is 52.8. The van der Waals surface area contributed by atoms with Crippen LogP contribution in [-0.2, 0) is 30.3 Å². The lowest BCUT2D eigenvalue weighted by atomic mass is 10.00. The molecule has 0 bridgehead atoms. The maximum atomic E-state index is 13.4. The number of nitrogens with two attached hydrogens (primary N) is 1. The first-order chi connectivity index (χ1) is 18.3. The number of hydrogen-bond acceptors (Lipinski definition) is 6. The monoisotopic (exact) mass is 560 g/mol. The van der Waals surface area contributed by atoms with Gasteiger partial charge < -0.3 is 26.0 Å². The first kappa shape index (κ1) is 32.0. The number of rotatable bonds is 12. The Morgan fingerprint density at radius 3 is 2.41 bits per heavy atom. The number of nitrogens with zero attached hydrogens (tertiary/aromatic N) is 1. The van der Waals surface area contributed by atoms with Crippen LogP contribution in [0.15, 0.2) is 42.5 Å². The van der Waals surface area contributed by atoms with Crippen LogP contribution in [0.25, 0.3) is 10.8 Å². The van der Waals surface area contributed by atoms with Gasteiger partial charge in [-0.1, -0.05) is 56.3 Å². The molecule has 1 aliphatic rings. The fraction of sp³-hybridized carbons (Fsp3) is 0.517. The van der Waals surface area contributed by atoms with E-state index >= 15 is 0 Å². The number of benzene rings is 2. The second-order valence-corrected chi connectivity index (χ2v) is 9.86. The molecule has 0 spiro atoms. The highest BCUT2D eigenvalue weighted by Crippen LogP contribution is 2.23. The van der Waals surface area contributed by atoms with Crippen LogP contribution < -0.4 is 16.4 Å². The maximum absolute atomic E-state index is 13.4. The van der Waals surface area contributed by atoms with Gasteiger partial charge >= 0.3 is 5.97 Å². The van der Waals surface area contributed by atoms with E-state index in [1.165, 1.54) is 6.92 Å². The van der Waals surface area contributed by atoms with Gasteiger partial charge in [0.05, 0.1) is 6.54 Å². The molecular formula is C29H41ClN4O5. The Bertz CT molecular complexity index is 1140. The van der Waals surface area contributed by atoms with Gasteiger partial charge in [-0.15, -0.1) is 12.4 Å². The Morgan fingerprint density at radius 1 is 1.08 bits per heavy atom. The molecule has 0 aliphatic carbocycles. The smallest absolute Gasteiger partial charge is 0.303 e. The minimum absolute atomic E-state index is 0. The molecular weight excluding hydrogens is 520 g/mol. The second kappa shape index (κ2) is 15.4. The fourth-order valence-corrected chi connectivity index (χ4v) is 5.00. The number of nitrogens with one attached hydrogen (secondary N) is 2. The van der Waals surface area contributed by atoms with Gasteiger partial charge in [0.15, 0.2) is 0 Å². The first-order valence-electron chi connectivity index (χ1n) is 13.5. The number of hydrogen-bond donors (Lipinski definition) is 3. The van der Waals surface area contributed by atoms with E-state index in [0.717, 1.165) is 35.6 Å². The van der Waals surface area contributed by atoms with Gasteiger partial charge in [-0.25, -0.2) is 0 Å². The Labute approximate surface area is 236 Å². The van der Waals surface area contributed by atoms with Crippen LogP contribution >= 0.6 is 12.4 Å². The van der Waals surface area contributed by atoms with Crippen molar-refractivity contribution in [3.05, 3.63) is 48.0 Å². The number of esters is 1. The molecule has 2 aromatic carbocycles. The Morgan fingerprint density at radius 2 is 1.77 bits per heavy atom. The summed E-state index contributed by atoms with van der Waals surface area (Å²) >= 11 is 0. The van der Waals surface area contributed by atoms with Crippen molar-refractivity contribution < 1.29 is 23.9 Å². The molecule has 2 aromatic rings. The van der Waals surface area contributed by atoms with E-state index in [0.29, 0.717) is 13.0 Å². The zero-order valence-corrected chi connectivity index (χ0v) is 23.8. The maximum Gasteiger partial charge on any atom is 0.303 e. The normalized spacial score (nSPS) is 16.3. The van der Waals surface area contributed by atoms with Crippen LogP contribution in [0.5, 0.6) is 0 Å². The number of halogens is 1. The van der Waals surface area contributed by atoms with Crippen molar-refractivity contribution in [3.63, 3.8) is 0 Å². The molecule has 3 atom stereocenters. The lowest BCUT2D eigenvalue weighted by molar-refractivity contribution is -0.146. The average Bonchev–Trinajstić information content (AvgIpc) is 3.41. The predicted octanol–water partition coefficient (Wildman–Crippen LogP) is 2.72. The van der Waals surface area contributed by atoms with E-state index < -0.39 is 30.1 Å². The standard InChI is InChI=1S/C29H40N4O5.ClH/c1-4-21(5-2)29(37)33-14-8-11-26(33)28(36)32-25(27(35)31-18-24(17-30)38-19(3)34)16-20-12-13-22-9-6-7-10-23(22)15-20;/h6-7,9-10,12-13,15,21,24-26H,4-5,8,11,14,16-18,30H2,1-3H3,(H,31,35)(H,32,36);1H/t24?,25-,26?;/m1./s1. The van der Waals surface area contributed by atoms with Gasteiger partial charge in [0.1, 0.15) is 18.2 Å². The molecule has 1 fully saturated rings. The highest BCUT2D eigenvalue weighted by Gasteiger charge is 2.37. The van der Waals surface area contributed by atoms with Crippen molar-refractivity contribution in [1.82, 2.24) is 15.5 Å². The van der Waals surface area contributed by atoms with Crippen LogP contribution in [-0.4, -0.2) is 66.4 Å². The molecule has 1 aliphatic heterocycles. The van der Waals surface area contributed by atoms with Gasteiger partial charge in [0.2, 0.25) is 17.7 Å². The summed E-state index contributed by atoms with van der Waals surface area (Å²) in [6, 6.07) is 12.4. The third kappa shape index (κ3) is 8.66. The van der Waals surface area contributed by atoms with E-state index in [-0.39, 0.29) is 49.6 Å². The van der Waals surface area contributed by atoms with Gasteiger partial charge in [-0.2, -0.15) is 0 Å². The van der Waals surface area contributed by atoms with Crippen molar-refractivity contribution in [2.24, 2.45) is 11.7 Å². The summed E-state index contributed by atoms with van der Waals surface area (Å²) in [6.45, 7) is 5.86. The first-order valence-corrected chi connectivity index (χ1v) is 13.5. The van der Waals surface area contributed by atoms with Gasteiger partial charge in [-0.05, 0) is 42.0 Å². The Balaban J connectivity index is 0.00000533. The van der Waals surface area contributed by atoms with E-state index in [1.54, 1.807) is 4.90 Å². The summed E-state index contributed by atoms with van der Waals surface area (Å²) in [5.41, 5.74) is 6.56. The van der Waals surface area contributed by atoms with Crippen molar-refractivity contribution >= 4 is 46.9 Å². The molecule has 214 valence electrons. The molecule has 1 heterocycles. The zero-order valence-electron chi connectivity index (χ0n) is 23.0. The van der Waals surface area contributed by atoms with E-state index in [4.69, 9.17) is 10.5 Å². The fourth-order valence-electron chi connectivity index (χ4n) is 5.00. The number of likely N-dealkylation sites (tertiary alicyclic amines) is 1. The number of ether oxygens (including phenoxy) is 1. The van der Waals surface area contributed by atoms with Crippen molar-refractivity contribution in [2.75, 3.05) is 19.6 Å². The quantitative estimate of drug-likeness (QED) is 0.342. The molecule has 0 aromatic heterocycles. The molecule has 3 rings (SSSR count). The molecule has 3 amide bonds. The number of fused-ring (bicyclic) bond motifs is 1. The molecule has 2 unspecified atom stereocenters. The lowest BCUT2D eigenvalue weighted by Crippen LogP contribution is -2.55. The van der Waals surface area contributed by atoms with Crippen LogP contribution in [0.3, 0.4) is 0 Å². The Kier molecular flexibility index (Phi) is 12.7. The van der Waals surface area contributed by atoms with E-state index in [9.17, 15) is 19.2 Å². The lowest BCUT2D eigenvalue weighted by Gasteiger charge is -2.29. The summed E-state index contributed by atoms with van der Waals surface area (Å²) in [5.74, 6) is -1.35. The Hall–Kier alpha value is -3.17. The summed E-state index contributed by atoms with van der Waals surface area (Å²) in [7, 11) is 0. The number of amides is 3. The third-order valence-corrected chi connectivity index (χ3v) is 7.16. The molecule has 0 radical (unpaired) electrons. The largest absolute Gasteiger partial charge is 0.459 e. The van der Waals surface area contributed by atoms with Gasteiger partial charge in [-0.3, -0.25) is 19.2 Å². The average molecular weight is 561 g/mol. The second-order valence-electron chi connectivity index (χ2n) is 9.86. The molecule has 9 nitrogen and oxygen atoms in total. The third-order valence-electron chi connectivity index (χ3n) is 7.16. The van der Waals surface area contributed by atoms with E-state index in [1.807, 2.05) is 56.3 Å². The minimum Gasteiger partial charge on any atom is -0.459 e. The summed E-state index contributed by atoms with van der Waals surface area (Å²) < 4.78 is 5.13. The minimum atomic E-state index is -0.884. The van der Waals surface area contributed by atoms with Crippen LogP contribution in [0.4, 0.5) is 0 Å². The van der Waals surface area contributed by atoms with Crippen molar-refractivity contribution in [3.8, 4) is 0 Å². The SMILES string of the molecule is CCC(CC)C(=O)N1CCCC1C(=O)N[C@H](Cc1ccc2ccccc2c1)C(=O)NCC(CN)OC(C)=O.Cl. The van der Waals surface area contributed by atoms with Crippen LogP contribution in [0, 0.1) is 5.92 Å². The number of carbonyl (C=O) groups excluding carboxylic acids is 4. The van der Waals surface area contributed by atoms with E-state index in [2.05, 4.69) is 10.6 Å². The molecule has 0 saturated carbocycles. The topological polar surface area (TPSA) is 131 Å². The van der Waals surface area contributed by atoms with Crippen molar-refractivity contribution in [1.29, 1.82) is 0 Å². The van der Waals surface area contributed by atoms with Crippen LogP contribution in [0.1, 0.15) is 52.0 Å². The molecule has 1 saturated heterocycles. The predicted molar refractivity (Wildman–Crippen MR) is 153 cm³/mol. The summed E-state index contributed by atoms with van der Waals surface area (Å²) in [5, 5.41) is 7.80. The number of carbonyl (C=O) groups is 4. The summed E-state index contributed by atoms with van der Waals surface area (Å²) in [6.07, 6.45) is 2.33. The van der Waals surface area contributed by atoms with Gasteiger partial charge in [0.25, 0.3) is 0 Å². The molecule has 39 heavy (non-hydrogen) atoms. The zero-order chi connectivity index (χ0) is 27.7. The molecule has 4 N–H and O–H groups in total. The van der Waals surface area contributed by atoms with Gasteiger partial charge in [0, 0.05) is 32.4 Å². The molecule has 10 heteroatoms. The highest BCUT2D eigenvalue weighted by atomic mass is 35.5. The van der Waals surface area contributed by atoms with Crippen LogP contribution in [0.2, 0.25) is 0 Å².